The first-order valence-electron chi connectivity index (χ1n) is 4.21. The van der Waals surface area contributed by atoms with Crippen molar-refractivity contribution >= 4 is 16.9 Å². The minimum atomic E-state index is -0.335. The van der Waals surface area contributed by atoms with E-state index in [-0.39, 0.29) is 5.97 Å². The van der Waals surface area contributed by atoms with Crippen LogP contribution in [0.5, 0.6) is 5.75 Å². The van der Waals surface area contributed by atoms with Crippen LogP contribution >= 0.6 is 0 Å². The molecule has 2 rings (SSSR count). The Morgan fingerprint density at radius 2 is 2.29 bits per heavy atom. The second-order valence-electron chi connectivity index (χ2n) is 3.02. The van der Waals surface area contributed by atoms with Crippen molar-refractivity contribution in [3.05, 3.63) is 23.9 Å². The molecule has 1 heterocycles. The van der Waals surface area contributed by atoms with Gasteiger partial charge in [-0.2, -0.15) is 0 Å². The summed E-state index contributed by atoms with van der Waals surface area (Å²) in [5.74, 6) is 0.176. The standard InChI is InChI=1S/C10H9NO3/c1-6-9-5-8(13-7(2)12)3-4-10(9)14-11-6/h3-5H,1-2H3. The molecule has 0 saturated heterocycles. The molecule has 0 saturated carbocycles. The largest absolute Gasteiger partial charge is 0.427 e. The number of rotatable bonds is 1. The van der Waals surface area contributed by atoms with Gasteiger partial charge in [-0.15, -0.1) is 0 Å². The highest BCUT2D eigenvalue weighted by Gasteiger charge is 2.06. The summed E-state index contributed by atoms with van der Waals surface area (Å²) in [6, 6.07) is 5.14. The SMILES string of the molecule is CC(=O)Oc1ccc2onc(C)c2c1. The summed E-state index contributed by atoms with van der Waals surface area (Å²) >= 11 is 0. The second-order valence-corrected chi connectivity index (χ2v) is 3.02. The van der Waals surface area contributed by atoms with Crippen molar-refractivity contribution in [2.75, 3.05) is 0 Å². The summed E-state index contributed by atoms with van der Waals surface area (Å²) in [5, 5.41) is 4.67. The van der Waals surface area contributed by atoms with Gasteiger partial charge in [0.2, 0.25) is 0 Å². The van der Waals surface area contributed by atoms with Crippen LogP contribution in [0.3, 0.4) is 0 Å². The lowest BCUT2D eigenvalue weighted by molar-refractivity contribution is -0.131. The number of hydrogen-bond acceptors (Lipinski definition) is 4. The highest BCUT2D eigenvalue weighted by molar-refractivity contribution is 5.81. The van der Waals surface area contributed by atoms with Crippen molar-refractivity contribution in [2.45, 2.75) is 13.8 Å². The Labute approximate surface area is 80.4 Å². The average Bonchev–Trinajstić information content (AvgIpc) is 2.47. The Balaban J connectivity index is 2.49. The lowest BCUT2D eigenvalue weighted by Gasteiger charge is -1.99. The van der Waals surface area contributed by atoms with Gasteiger partial charge in [0.05, 0.1) is 5.69 Å². The van der Waals surface area contributed by atoms with Crippen LogP contribution in [0.25, 0.3) is 11.0 Å². The van der Waals surface area contributed by atoms with Gasteiger partial charge >= 0.3 is 5.97 Å². The van der Waals surface area contributed by atoms with E-state index in [9.17, 15) is 4.79 Å². The molecular weight excluding hydrogens is 182 g/mol. The summed E-state index contributed by atoms with van der Waals surface area (Å²) < 4.78 is 9.96. The fraction of sp³-hybridized carbons (Fsp3) is 0.200. The lowest BCUT2D eigenvalue weighted by Crippen LogP contribution is -2.00. The first kappa shape index (κ1) is 8.74. The molecule has 1 aromatic carbocycles. The van der Waals surface area contributed by atoms with Crippen LogP contribution in [-0.4, -0.2) is 11.1 Å². The Morgan fingerprint density at radius 3 is 3.00 bits per heavy atom. The molecule has 0 unspecified atom stereocenters. The molecule has 0 amide bonds. The molecule has 72 valence electrons. The van der Waals surface area contributed by atoms with Crippen molar-refractivity contribution in [3.63, 3.8) is 0 Å². The quantitative estimate of drug-likeness (QED) is 0.511. The third-order valence-corrected chi connectivity index (χ3v) is 1.88. The normalized spacial score (nSPS) is 10.4. The van der Waals surface area contributed by atoms with Gasteiger partial charge in [0.25, 0.3) is 0 Å². The van der Waals surface area contributed by atoms with Crippen LogP contribution in [0.2, 0.25) is 0 Å². The number of aromatic nitrogens is 1. The van der Waals surface area contributed by atoms with Gasteiger partial charge in [0.15, 0.2) is 5.58 Å². The number of carbonyl (C=O) groups is 1. The Bertz CT molecular complexity index is 487. The Morgan fingerprint density at radius 1 is 1.50 bits per heavy atom. The van der Waals surface area contributed by atoms with Crippen molar-refractivity contribution in [2.24, 2.45) is 0 Å². The van der Waals surface area contributed by atoms with Crippen LogP contribution in [0.1, 0.15) is 12.6 Å². The van der Waals surface area contributed by atoms with Crippen LogP contribution in [0, 0.1) is 6.92 Å². The third kappa shape index (κ3) is 1.46. The highest BCUT2D eigenvalue weighted by atomic mass is 16.5. The van der Waals surface area contributed by atoms with Crippen molar-refractivity contribution in [3.8, 4) is 5.75 Å². The van der Waals surface area contributed by atoms with Gasteiger partial charge in [-0.1, -0.05) is 5.16 Å². The molecule has 14 heavy (non-hydrogen) atoms. The predicted molar refractivity (Wildman–Crippen MR) is 50.1 cm³/mol. The summed E-state index contributed by atoms with van der Waals surface area (Å²) in [5.41, 5.74) is 1.48. The fourth-order valence-electron chi connectivity index (χ4n) is 1.27. The lowest BCUT2D eigenvalue weighted by atomic mass is 10.2. The molecule has 0 aliphatic carbocycles. The minimum absolute atomic E-state index is 0.335. The summed E-state index contributed by atoms with van der Waals surface area (Å²) in [6.07, 6.45) is 0. The van der Waals surface area contributed by atoms with Crippen LogP contribution < -0.4 is 4.74 Å². The maximum atomic E-state index is 10.7. The number of aryl methyl sites for hydroxylation is 1. The highest BCUT2D eigenvalue weighted by Crippen LogP contribution is 2.23. The summed E-state index contributed by atoms with van der Waals surface area (Å²) in [6.45, 7) is 3.20. The monoisotopic (exact) mass is 191 g/mol. The molecule has 4 heteroatoms. The number of benzene rings is 1. The number of nitrogens with zero attached hydrogens (tertiary/aromatic N) is 1. The number of esters is 1. The van der Waals surface area contributed by atoms with Gasteiger partial charge in [0.1, 0.15) is 5.75 Å². The molecule has 0 bridgehead atoms. The molecule has 4 nitrogen and oxygen atoms in total. The molecule has 0 aliphatic heterocycles. The molecule has 0 fully saturated rings. The molecule has 0 spiro atoms. The van der Waals surface area contributed by atoms with E-state index >= 15 is 0 Å². The van der Waals surface area contributed by atoms with E-state index < -0.39 is 0 Å². The van der Waals surface area contributed by atoms with Gasteiger partial charge < -0.3 is 9.26 Å². The summed E-state index contributed by atoms with van der Waals surface area (Å²) in [4.78, 5) is 10.7. The van der Waals surface area contributed by atoms with Crippen LogP contribution in [0.4, 0.5) is 0 Å². The van der Waals surface area contributed by atoms with Gasteiger partial charge in [-0.3, -0.25) is 4.79 Å². The Kier molecular flexibility index (Phi) is 1.96. The maximum absolute atomic E-state index is 10.7. The maximum Gasteiger partial charge on any atom is 0.308 e. The minimum Gasteiger partial charge on any atom is -0.427 e. The van der Waals surface area contributed by atoms with E-state index in [1.807, 2.05) is 6.92 Å². The van der Waals surface area contributed by atoms with E-state index in [1.165, 1.54) is 6.92 Å². The first-order valence-corrected chi connectivity index (χ1v) is 4.21. The zero-order valence-corrected chi connectivity index (χ0v) is 7.90. The van der Waals surface area contributed by atoms with Gasteiger partial charge in [-0.25, -0.2) is 0 Å². The average molecular weight is 191 g/mol. The molecule has 2 aromatic rings. The third-order valence-electron chi connectivity index (χ3n) is 1.88. The van der Waals surface area contributed by atoms with E-state index in [2.05, 4.69) is 5.16 Å². The molecular formula is C10H9NO3. The zero-order valence-electron chi connectivity index (χ0n) is 7.90. The van der Waals surface area contributed by atoms with Crippen LogP contribution in [0.15, 0.2) is 22.7 Å². The van der Waals surface area contributed by atoms with E-state index in [1.54, 1.807) is 18.2 Å². The summed E-state index contributed by atoms with van der Waals surface area (Å²) in [7, 11) is 0. The first-order chi connectivity index (χ1) is 6.66. The number of hydrogen-bond donors (Lipinski definition) is 0. The number of fused-ring (bicyclic) bond motifs is 1. The van der Waals surface area contributed by atoms with Crippen molar-refractivity contribution in [1.29, 1.82) is 0 Å². The van der Waals surface area contributed by atoms with Crippen molar-refractivity contribution in [1.82, 2.24) is 5.16 Å². The molecule has 0 N–H and O–H groups in total. The Hall–Kier alpha value is -1.84. The number of carbonyl (C=O) groups excluding carboxylic acids is 1. The van der Waals surface area contributed by atoms with Crippen molar-refractivity contribution < 1.29 is 14.1 Å². The van der Waals surface area contributed by atoms with Gasteiger partial charge in [-0.05, 0) is 25.1 Å². The molecule has 0 atom stereocenters. The molecule has 0 aliphatic rings. The van der Waals surface area contributed by atoms with E-state index in [0.717, 1.165) is 11.1 Å². The van der Waals surface area contributed by atoms with Crippen LogP contribution in [-0.2, 0) is 4.79 Å². The topological polar surface area (TPSA) is 52.3 Å². The zero-order chi connectivity index (χ0) is 10.1. The molecule has 0 radical (unpaired) electrons. The number of ether oxygens (including phenoxy) is 1. The van der Waals surface area contributed by atoms with E-state index in [0.29, 0.717) is 11.3 Å². The smallest absolute Gasteiger partial charge is 0.308 e. The second kappa shape index (κ2) is 3.14. The fourth-order valence-corrected chi connectivity index (χ4v) is 1.27. The molecule has 1 aromatic heterocycles. The van der Waals surface area contributed by atoms with E-state index in [4.69, 9.17) is 9.26 Å². The predicted octanol–water partition coefficient (Wildman–Crippen LogP) is 2.06. The van der Waals surface area contributed by atoms with Gasteiger partial charge in [0, 0.05) is 12.3 Å².